The van der Waals surface area contributed by atoms with Crippen LogP contribution in [-0.4, -0.2) is 32.8 Å². The number of methoxy groups -OCH3 is 1. The molecule has 1 aromatic carbocycles. The Balaban J connectivity index is 1.99. The van der Waals surface area contributed by atoms with Gasteiger partial charge in [0.25, 0.3) is 11.5 Å². The zero-order valence-corrected chi connectivity index (χ0v) is 16.6. The Bertz CT molecular complexity index is 1060. The quantitative estimate of drug-likeness (QED) is 0.646. The SMILES string of the molecule is CCc1cc(=O)[nH]c(-n2nc(C)cc2NC(=O)c2cc(OC)ccc2Br)n1. The Labute approximate surface area is 163 Å². The number of aromatic nitrogens is 4. The average molecular weight is 432 g/mol. The Morgan fingerprint density at radius 2 is 2.11 bits per heavy atom. The lowest BCUT2D eigenvalue weighted by atomic mass is 10.2. The fourth-order valence-corrected chi connectivity index (χ4v) is 2.94. The Morgan fingerprint density at radius 3 is 2.81 bits per heavy atom. The van der Waals surface area contributed by atoms with E-state index >= 15 is 0 Å². The van der Waals surface area contributed by atoms with Crippen molar-refractivity contribution in [2.24, 2.45) is 0 Å². The lowest BCUT2D eigenvalue weighted by Crippen LogP contribution is -2.19. The maximum atomic E-state index is 12.8. The van der Waals surface area contributed by atoms with Gasteiger partial charge in [0.05, 0.1) is 18.4 Å². The van der Waals surface area contributed by atoms with E-state index in [1.807, 2.05) is 6.92 Å². The molecule has 0 aliphatic heterocycles. The van der Waals surface area contributed by atoms with Gasteiger partial charge in [-0.05, 0) is 47.5 Å². The fraction of sp³-hybridized carbons (Fsp3) is 0.222. The van der Waals surface area contributed by atoms with Crippen molar-refractivity contribution in [1.29, 1.82) is 0 Å². The molecule has 0 bridgehead atoms. The first-order valence-corrected chi connectivity index (χ1v) is 9.02. The maximum Gasteiger partial charge on any atom is 0.258 e. The van der Waals surface area contributed by atoms with Crippen LogP contribution >= 0.6 is 15.9 Å². The molecule has 0 aliphatic carbocycles. The predicted octanol–water partition coefficient (Wildman–Crippen LogP) is 2.85. The van der Waals surface area contributed by atoms with Crippen LogP contribution in [0.3, 0.4) is 0 Å². The summed E-state index contributed by atoms with van der Waals surface area (Å²) in [5, 5.41) is 7.14. The average Bonchev–Trinajstić information content (AvgIpc) is 3.01. The molecule has 3 aromatic rings. The van der Waals surface area contributed by atoms with Gasteiger partial charge in [-0.3, -0.25) is 14.6 Å². The predicted molar refractivity (Wildman–Crippen MR) is 105 cm³/mol. The number of nitrogens with one attached hydrogen (secondary N) is 2. The summed E-state index contributed by atoms with van der Waals surface area (Å²) in [5.41, 5.74) is 1.43. The van der Waals surface area contributed by atoms with Crippen LogP contribution in [0.2, 0.25) is 0 Å². The van der Waals surface area contributed by atoms with E-state index in [-0.39, 0.29) is 17.4 Å². The number of ether oxygens (including phenoxy) is 1. The van der Waals surface area contributed by atoms with E-state index in [0.29, 0.717) is 39.4 Å². The number of H-pyrrole nitrogens is 1. The number of nitrogens with zero attached hydrogens (tertiary/aromatic N) is 3. The zero-order valence-electron chi connectivity index (χ0n) is 15.0. The number of carbonyl (C=O) groups excluding carboxylic acids is 1. The summed E-state index contributed by atoms with van der Waals surface area (Å²) in [4.78, 5) is 31.7. The summed E-state index contributed by atoms with van der Waals surface area (Å²) in [6.07, 6.45) is 0.607. The number of amides is 1. The highest BCUT2D eigenvalue weighted by Gasteiger charge is 2.17. The molecule has 2 heterocycles. The standard InChI is InChI=1S/C18H18BrN5O3/c1-4-11-8-16(25)22-18(20-11)24-15(7-10(2)23-24)21-17(26)13-9-12(27-3)5-6-14(13)19/h5-9H,4H2,1-3H3,(H,21,26)(H,20,22,25). The van der Waals surface area contributed by atoms with Crippen LogP contribution in [0.1, 0.15) is 28.7 Å². The van der Waals surface area contributed by atoms with Crippen molar-refractivity contribution in [3.63, 3.8) is 0 Å². The smallest absolute Gasteiger partial charge is 0.258 e. The number of aromatic amines is 1. The molecule has 9 heteroatoms. The van der Waals surface area contributed by atoms with Crippen LogP contribution in [0.15, 0.2) is 39.6 Å². The van der Waals surface area contributed by atoms with E-state index in [1.54, 1.807) is 31.2 Å². The zero-order chi connectivity index (χ0) is 19.6. The molecule has 0 unspecified atom stereocenters. The molecule has 0 radical (unpaired) electrons. The van der Waals surface area contributed by atoms with Crippen molar-refractivity contribution in [3.05, 3.63) is 62.1 Å². The first kappa shape index (κ1) is 18.8. The third-order valence-electron chi connectivity index (χ3n) is 3.84. The van der Waals surface area contributed by atoms with Crippen LogP contribution in [0.5, 0.6) is 5.75 Å². The summed E-state index contributed by atoms with van der Waals surface area (Å²) in [6.45, 7) is 3.69. The topological polar surface area (TPSA) is 102 Å². The second kappa shape index (κ2) is 7.75. The third kappa shape index (κ3) is 4.08. The molecule has 27 heavy (non-hydrogen) atoms. The van der Waals surface area contributed by atoms with Gasteiger partial charge >= 0.3 is 0 Å². The van der Waals surface area contributed by atoms with Crippen LogP contribution < -0.4 is 15.6 Å². The molecule has 0 atom stereocenters. The molecule has 8 nitrogen and oxygen atoms in total. The molecule has 1 amide bonds. The number of carbonyl (C=O) groups is 1. The number of halogens is 1. The monoisotopic (exact) mass is 431 g/mol. The molecule has 0 saturated heterocycles. The number of hydrogen-bond acceptors (Lipinski definition) is 5. The lowest BCUT2D eigenvalue weighted by Gasteiger charge is -2.10. The van der Waals surface area contributed by atoms with E-state index in [2.05, 4.69) is 36.3 Å². The van der Waals surface area contributed by atoms with Crippen molar-refractivity contribution < 1.29 is 9.53 Å². The van der Waals surface area contributed by atoms with Crippen LogP contribution in [0.4, 0.5) is 5.82 Å². The minimum absolute atomic E-state index is 0.243. The van der Waals surface area contributed by atoms with Gasteiger partial charge in [0, 0.05) is 22.3 Å². The molecule has 0 aliphatic rings. The van der Waals surface area contributed by atoms with Gasteiger partial charge < -0.3 is 10.1 Å². The van der Waals surface area contributed by atoms with Crippen molar-refractivity contribution in [2.75, 3.05) is 12.4 Å². The number of hydrogen-bond donors (Lipinski definition) is 2. The summed E-state index contributed by atoms with van der Waals surface area (Å²) < 4.78 is 7.21. The normalized spacial score (nSPS) is 10.7. The van der Waals surface area contributed by atoms with Crippen molar-refractivity contribution in [3.8, 4) is 11.7 Å². The van der Waals surface area contributed by atoms with Gasteiger partial charge in [0.2, 0.25) is 5.95 Å². The summed E-state index contributed by atoms with van der Waals surface area (Å²) >= 11 is 3.37. The summed E-state index contributed by atoms with van der Waals surface area (Å²) in [7, 11) is 1.53. The highest BCUT2D eigenvalue weighted by Crippen LogP contribution is 2.24. The third-order valence-corrected chi connectivity index (χ3v) is 4.53. The lowest BCUT2D eigenvalue weighted by molar-refractivity contribution is 0.102. The molecule has 0 spiro atoms. The summed E-state index contributed by atoms with van der Waals surface area (Å²) in [6, 6.07) is 8.25. The van der Waals surface area contributed by atoms with E-state index in [0.717, 1.165) is 0 Å². The van der Waals surface area contributed by atoms with E-state index in [1.165, 1.54) is 17.9 Å². The van der Waals surface area contributed by atoms with Crippen molar-refractivity contribution >= 4 is 27.7 Å². The van der Waals surface area contributed by atoms with Gasteiger partial charge in [-0.25, -0.2) is 4.98 Å². The second-order valence-electron chi connectivity index (χ2n) is 5.80. The second-order valence-corrected chi connectivity index (χ2v) is 6.65. The number of rotatable bonds is 5. The number of anilines is 1. The first-order valence-electron chi connectivity index (χ1n) is 8.23. The van der Waals surface area contributed by atoms with Gasteiger partial charge in [-0.1, -0.05) is 6.92 Å². The Kier molecular flexibility index (Phi) is 5.41. The van der Waals surface area contributed by atoms with Crippen molar-refractivity contribution in [2.45, 2.75) is 20.3 Å². The van der Waals surface area contributed by atoms with Gasteiger partial charge in [0.15, 0.2) is 0 Å². The van der Waals surface area contributed by atoms with Crippen LogP contribution in [-0.2, 0) is 6.42 Å². The highest BCUT2D eigenvalue weighted by atomic mass is 79.9. The van der Waals surface area contributed by atoms with Gasteiger partial charge in [0.1, 0.15) is 11.6 Å². The molecule has 0 saturated carbocycles. The first-order chi connectivity index (χ1) is 12.9. The van der Waals surface area contributed by atoms with Gasteiger partial charge in [-0.2, -0.15) is 9.78 Å². The largest absolute Gasteiger partial charge is 0.497 e. The Morgan fingerprint density at radius 1 is 1.33 bits per heavy atom. The molecule has 2 aromatic heterocycles. The highest BCUT2D eigenvalue weighted by molar-refractivity contribution is 9.10. The molecular formula is C18H18BrN5O3. The van der Waals surface area contributed by atoms with Crippen LogP contribution in [0, 0.1) is 6.92 Å². The van der Waals surface area contributed by atoms with Crippen LogP contribution in [0.25, 0.3) is 5.95 Å². The molecule has 0 fully saturated rings. The minimum atomic E-state index is -0.351. The fourth-order valence-electron chi connectivity index (χ4n) is 2.51. The Hall–Kier alpha value is -2.94. The van der Waals surface area contributed by atoms with E-state index in [9.17, 15) is 9.59 Å². The molecule has 140 valence electrons. The number of aryl methyl sites for hydroxylation is 2. The maximum absolute atomic E-state index is 12.8. The molecular weight excluding hydrogens is 414 g/mol. The number of benzene rings is 1. The van der Waals surface area contributed by atoms with E-state index < -0.39 is 0 Å². The molecule has 3 rings (SSSR count). The van der Waals surface area contributed by atoms with E-state index in [4.69, 9.17) is 4.74 Å². The van der Waals surface area contributed by atoms with Gasteiger partial charge in [-0.15, -0.1) is 0 Å². The van der Waals surface area contributed by atoms with Crippen molar-refractivity contribution in [1.82, 2.24) is 19.7 Å². The molecule has 2 N–H and O–H groups in total. The summed E-state index contributed by atoms with van der Waals surface area (Å²) in [5.74, 6) is 0.849. The minimum Gasteiger partial charge on any atom is -0.497 e.